The highest BCUT2D eigenvalue weighted by Crippen LogP contribution is 2.25. The molecule has 0 aliphatic carbocycles. The van der Waals surface area contributed by atoms with Gasteiger partial charge in [0, 0.05) is 11.1 Å². The molecule has 0 saturated carbocycles. The number of nitrogens with zero attached hydrogens (tertiary/aromatic N) is 1. The molecule has 25 heavy (non-hydrogen) atoms. The summed E-state index contributed by atoms with van der Waals surface area (Å²) >= 11 is 3.29. The van der Waals surface area contributed by atoms with Gasteiger partial charge in [0.1, 0.15) is 5.03 Å². The monoisotopic (exact) mass is 368 g/mol. The van der Waals surface area contributed by atoms with Gasteiger partial charge in [0.15, 0.2) is 0 Å². The van der Waals surface area contributed by atoms with Crippen molar-refractivity contribution in [3.8, 4) is 0 Å². The Morgan fingerprint density at radius 3 is 2.76 bits per heavy atom. The molecule has 0 atom stereocenters. The van der Waals surface area contributed by atoms with E-state index in [1.54, 1.807) is 29.3 Å². The van der Waals surface area contributed by atoms with Crippen molar-refractivity contribution in [3.05, 3.63) is 76.6 Å². The lowest BCUT2D eigenvalue weighted by Crippen LogP contribution is -2.14. The fourth-order valence-electron chi connectivity index (χ4n) is 2.46. The number of benzene rings is 1. The Labute approximate surface area is 156 Å². The predicted octanol–water partition coefficient (Wildman–Crippen LogP) is 5.05. The van der Waals surface area contributed by atoms with Crippen molar-refractivity contribution in [2.24, 2.45) is 0 Å². The van der Waals surface area contributed by atoms with E-state index in [1.807, 2.05) is 35.7 Å². The number of nitrogens with one attached hydrogen (secondary N) is 1. The number of thiophene rings is 1. The van der Waals surface area contributed by atoms with E-state index >= 15 is 0 Å². The zero-order chi connectivity index (χ0) is 17.3. The molecule has 2 heterocycles. The summed E-state index contributed by atoms with van der Waals surface area (Å²) in [6, 6.07) is 18.2. The van der Waals surface area contributed by atoms with Gasteiger partial charge in [0.05, 0.1) is 12.1 Å². The van der Waals surface area contributed by atoms with Crippen LogP contribution in [0.1, 0.15) is 16.9 Å². The minimum absolute atomic E-state index is 0.00147. The van der Waals surface area contributed by atoms with Crippen LogP contribution in [0.3, 0.4) is 0 Å². The van der Waals surface area contributed by atoms with E-state index in [0.29, 0.717) is 6.42 Å². The molecule has 0 aliphatic rings. The third kappa shape index (κ3) is 5.73. The molecule has 128 valence electrons. The number of pyridine rings is 1. The van der Waals surface area contributed by atoms with E-state index < -0.39 is 0 Å². The van der Waals surface area contributed by atoms with E-state index in [0.717, 1.165) is 34.2 Å². The summed E-state index contributed by atoms with van der Waals surface area (Å²) in [5, 5.41) is 5.86. The fraction of sp³-hybridized carbons (Fsp3) is 0.200. The molecule has 3 nitrogen and oxygen atoms in total. The van der Waals surface area contributed by atoms with E-state index in [1.165, 1.54) is 5.56 Å². The van der Waals surface area contributed by atoms with Gasteiger partial charge < -0.3 is 5.32 Å². The molecule has 0 fully saturated rings. The summed E-state index contributed by atoms with van der Waals surface area (Å²) < 4.78 is 0. The van der Waals surface area contributed by atoms with Crippen LogP contribution < -0.4 is 5.32 Å². The van der Waals surface area contributed by atoms with E-state index in [4.69, 9.17) is 0 Å². The number of carbonyl (C=O) groups is 1. The first kappa shape index (κ1) is 17.7. The lowest BCUT2D eigenvalue weighted by molar-refractivity contribution is -0.115. The standard InChI is InChI=1S/C20H20N2OS2/c23-19(15-17-10-6-13-24-17)22-18-11-4-12-21-20(18)25-14-5-9-16-7-2-1-3-8-16/h1-4,6-8,10-13H,5,9,14-15H2,(H,22,23). The predicted molar refractivity (Wildman–Crippen MR) is 106 cm³/mol. The van der Waals surface area contributed by atoms with Gasteiger partial charge in [-0.1, -0.05) is 36.4 Å². The zero-order valence-corrected chi connectivity index (χ0v) is 15.5. The Morgan fingerprint density at radius 2 is 1.96 bits per heavy atom. The lowest BCUT2D eigenvalue weighted by atomic mass is 10.1. The number of rotatable bonds is 8. The largest absolute Gasteiger partial charge is 0.323 e. The van der Waals surface area contributed by atoms with Crippen LogP contribution in [-0.2, 0) is 17.6 Å². The average Bonchev–Trinajstić information content (AvgIpc) is 3.14. The molecule has 2 aromatic heterocycles. The smallest absolute Gasteiger partial charge is 0.229 e. The van der Waals surface area contributed by atoms with Gasteiger partial charge in [-0.05, 0) is 47.7 Å². The number of carbonyl (C=O) groups excluding carboxylic acids is 1. The van der Waals surface area contributed by atoms with Crippen molar-refractivity contribution in [1.29, 1.82) is 0 Å². The van der Waals surface area contributed by atoms with Crippen LogP contribution in [0.4, 0.5) is 5.69 Å². The second kappa shape index (κ2) is 9.39. The lowest BCUT2D eigenvalue weighted by Gasteiger charge is -2.09. The summed E-state index contributed by atoms with van der Waals surface area (Å²) in [7, 11) is 0. The number of aromatic nitrogens is 1. The summed E-state index contributed by atoms with van der Waals surface area (Å²) in [5.41, 5.74) is 2.15. The average molecular weight is 369 g/mol. The number of thioether (sulfide) groups is 1. The van der Waals surface area contributed by atoms with Crippen molar-refractivity contribution >= 4 is 34.7 Å². The number of anilines is 1. The summed E-state index contributed by atoms with van der Waals surface area (Å²) in [4.78, 5) is 17.7. The number of hydrogen-bond donors (Lipinski definition) is 1. The van der Waals surface area contributed by atoms with E-state index in [9.17, 15) is 4.79 Å². The maximum Gasteiger partial charge on any atom is 0.229 e. The SMILES string of the molecule is O=C(Cc1cccs1)Nc1cccnc1SCCCc1ccccc1. The Kier molecular flexibility index (Phi) is 6.65. The highest BCUT2D eigenvalue weighted by molar-refractivity contribution is 7.99. The van der Waals surface area contributed by atoms with Crippen LogP contribution in [-0.4, -0.2) is 16.6 Å². The molecule has 3 rings (SSSR count). The zero-order valence-electron chi connectivity index (χ0n) is 13.9. The summed E-state index contributed by atoms with van der Waals surface area (Å²) in [5.74, 6) is 0.973. The second-order valence-corrected chi connectivity index (χ2v) is 7.71. The minimum atomic E-state index is 0.00147. The van der Waals surface area contributed by atoms with Gasteiger partial charge in [0.2, 0.25) is 5.91 Å². The van der Waals surface area contributed by atoms with Gasteiger partial charge in [-0.3, -0.25) is 4.79 Å². The highest BCUT2D eigenvalue weighted by atomic mass is 32.2. The normalized spacial score (nSPS) is 10.6. The minimum Gasteiger partial charge on any atom is -0.323 e. The molecule has 0 saturated heterocycles. The molecule has 0 spiro atoms. The molecule has 1 amide bonds. The van der Waals surface area contributed by atoms with Crippen molar-refractivity contribution in [3.63, 3.8) is 0 Å². The molecular weight excluding hydrogens is 348 g/mol. The maximum atomic E-state index is 12.2. The fourth-order valence-corrected chi connectivity index (χ4v) is 4.05. The highest BCUT2D eigenvalue weighted by Gasteiger charge is 2.09. The molecule has 1 aromatic carbocycles. The molecular formula is C20H20N2OS2. The quantitative estimate of drug-likeness (QED) is 0.447. The van der Waals surface area contributed by atoms with Crippen LogP contribution in [0.2, 0.25) is 0 Å². The van der Waals surface area contributed by atoms with Crippen LogP contribution in [0.15, 0.2) is 71.2 Å². The molecule has 0 radical (unpaired) electrons. The van der Waals surface area contributed by atoms with Gasteiger partial charge in [-0.2, -0.15) is 0 Å². The third-order valence-corrected chi connectivity index (χ3v) is 5.62. The van der Waals surface area contributed by atoms with Crippen LogP contribution >= 0.6 is 23.1 Å². The van der Waals surface area contributed by atoms with Gasteiger partial charge in [0.25, 0.3) is 0 Å². The maximum absolute atomic E-state index is 12.2. The third-order valence-electron chi connectivity index (χ3n) is 3.65. The van der Waals surface area contributed by atoms with Crippen molar-refractivity contribution < 1.29 is 4.79 Å². The molecule has 0 aliphatic heterocycles. The van der Waals surface area contributed by atoms with E-state index in [-0.39, 0.29) is 5.91 Å². The summed E-state index contributed by atoms with van der Waals surface area (Å²) in [6.07, 6.45) is 4.31. The first-order valence-electron chi connectivity index (χ1n) is 8.25. The van der Waals surface area contributed by atoms with Gasteiger partial charge >= 0.3 is 0 Å². The Morgan fingerprint density at radius 1 is 1.08 bits per heavy atom. The Balaban J connectivity index is 1.51. The molecule has 5 heteroatoms. The molecule has 1 N–H and O–H groups in total. The van der Waals surface area contributed by atoms with Crippen molar-refractivity contribution in [2.45, 2.75) is 24.3 Å². The topological polar surface area (TPSA) is 42.0 Å². The van der Waals surface area contributed by atoms with Crippen LogP contribution in [0, 0.1) is 0 Å². The second-order valence-electron chi connectivity index (χ2n) is 5.60. The molecule has 0 unspecified atom stereocenters. The number of amides is 1. The van der Waals surface area contributed by atoms with Crippen LogP contribution in [0.25, 0.3) is 0 Å². The van der Waals surface area contributed by atoms with Gasteiger partial charge in [-0.25, -0.2) is 4.98 Å². The Hall–Kier alpha value is -2.11. The summed E-state index contributed by atoms with van der Waals surface area (Å²) in [6.45, 7) is 0. The first-order valence-corrected chi connectivity index (χ1v) is 10.1. The first-order chi connectivity index (χ1) is 12.3. The van der Waals surface area contributed by atoms with Crippen molar-refractivity contribution in [1.82, 2.24) is 4.98 Å². The molecule has 3 aromatic rings. The Bertz CT molecular complexity index is 788. The van der Waals surface area contributed by atoms with Crippen molar-refractivity contribution in [2.75, 3.05) is 11.1 Å². The molecule has 0 bridgehead atoms. The van der Waals surface area contributed by atoms with Crippen LogP contribution in [0.5, 0.6) is 0 Å². The van der Waals surface area contributed by atoms with Gasteiger partial charge in [-0.15, -0.1) is 23.1 Å². The van der Waals surface area contributed by atoms with E-state index in [2.05, 4.69) is 34.6 Å². The number of aryl methyl sites for hydroxylation is 1. The number of hydrogen-bond acceptors (Lipinski definition) is 4.